The third kappa shape index (κ3) is 15.9. The summed E-state index contributed by atoms with van der Waals surface area (Å²) in [6, 6.07) is 148. The first-order chi connectivity index (χ1) is 68.3. The van der Waals surface area contributed by atoms with E-state index in [-0.39, 0.29) is 0 Å². The highest BCUT2D eigenvalue weighted by Crippen LogP contribution is 2.41. The van der Waals surface area contributed by atoms with E-state index in [1.165, 1.54) is 0 Å². The van der Waals surface area contributed by atoms with Crippen LogP contribution in [0.4, 0.5) is 0 Å². The molecule has 0 bridgehead atoms. The standard InChI is InChI=1S/C47H29N5.C41H25N5.C35H21N5/c1-3-9-30(10-4-1)39-22-19-36-28-38(37-20-25-40(31-11-5-2-6-12-31)52-47(37)46(36)51-39)42-23-18-35-27-33(17-21-41(35)49-42)34-15-14-32-16-24-44(50-45(32)29-34)43-13-7-8-26-48-43;1-2-6-26(7-3-1)33-18-14-28-10-11-29-15-21-38(46-41(29)40(28)45-33)37-22-17-32-24-30(16-19-34(32)43-37)31-12-9-27-13-20-36(44-39(27)25-31)35-8-4-5-23-42-35;1-2-18-36-29(5-1)30-15-10-22-6-9-26(21-33(22)39-30)25-12-14-28-27(20-25)13-17-31(38-28)32-16-11-24-8-7-23-4-3-19-37-34(23)35(24)40-32/h1-29H;1-25H;1-21H. The van der Waals surface area contributed by atoms with Gasteiger partial charge >= 0.3 is 0 Å². The predicted molar refractivity (Wildman–Crippen MR) is 562 cm³/mol. The third-order valence-corrected chi connectivity index (χ3v) is 25.5. The molecule has 0 amide bonds. The molecule has 27 aromatic rings. The Morgan fingerprint density at radius 1 is 0.116 bits per heavy atom. The van der Waals surface area contributed by atoms with E-state index in [0.29, 0.717) is 0 Å². The van der Waals surface area contributed by atoms with Crippen molar-refractivity contribution in [3.05, 3.63) is 455 Å². The van der Waals surface area contributed by atoms with E-state index >= 15 is 0 Å². The van der Waals surface area contributed by atoms with Gasteiger partial charge < -0.3 is 0 Å². The molecule has 0 aliphatic rings. The quantitative estimate of drug-likeness (QED) is 0.105. The number of rotatable bonds is 12. The maximum atomic E-state index is 5.25. The van der Waals surface area contributed by atoms with Crippen molar-refractivity contribution >= 4 is 131 Å². The van der Waals surface area contributed by atoms with Crippen LogP contribution in [0.2, 0.25) is 0 Å². The van der Waals surface area contributed by atoms with Gasteiger partial charge in [-0.25, -0.2) is 54.8 Å². The molecule has 0 atom stereocenters. The van der Waals surface area contributed by atoms with E-state index in [4.69, 9.17) is 54.8 Å². The fourth-order valence-corrected chi connectivity index (χ4v) is 18.4. The molecular formula is C123H75N15. The van der Waals surface area contributed by atoms with Gasteiger partial charge in [0.25, 0.3) is 0 Å². The Morgan fingerprint density at radius 3 is 0.790 bits per heavy atom. The summed E-state index contributed by atoms with van der Waals surface area (Å²) in [5.41, 5.74) is 34.0. The molecule has 0 spiro atoms. The lowest BCUT2D eigenvalue weighted by molar-refractivity contribution is 1.28. The van der Waals surface area contributed by atoms with Crippen LogP contribution < -0.4 is 0 Å². The first-order valence-corrected chi connectivity index (χ1v) is 45.7. The van der Waals surface area contributed by atoms with Gasteiger partial charge in [-0.2, -0.15) is 0 Å². The minimum Gasteiger partial charge on any atom is -0.255 e. The van der Waals surface area contributed by atoms with Crippen LogP contribution in [0.25, 0.3) is 266 Å². The zero-order valence-corrected chi connectivity index (χ0v) is 74.0. The number of hydrogen-bond donors (Lipinski definition) is 0. The van der Waals surface area contributed by atoms with Crippen LogP contribution in [-0.4, -0.2) is 74.8 Å². The zero-order chi connectivity index (χ0) is 91.4. The lowest BCUT2D eigenvalue weighted by atomic mass is 9.98. The first kappa shape index (κ1) is 81.0. The Bertz CT molecular complexity index is 9480. The van der Waals surface area contributed by atoms with E-state index < -0.39 is 0 Å². The van der Waals surface area contributed by atoms with Crippen molar-refractivity contribution in [1.82, 2.24) is 74.8 Å². The molecule has 15 nitrogen and oxygen atoms in total. The third-order valence-electron chi connectivity index (χ3n) is 25.5. The largest absolute Gasteiger partial charge is 0.255 e. The zero-order valence-electron chi connectivity index (χ0n) is 74.0. The van der Waals surface area contributed by atoms with Crippen LogP contribution in [0.15, 0.2) is 455 Å². The lowest BCUT2D eigenvalue weighted by Crippen LogP contribution is -1.94. The lowest BCUT2D eigenvalue weighted by Gasteiger charge is -2.13. The monoisotopic (exact) mass is 1760 g/mol. The van der Waals surface area contributed by atoms with Gasteiger partial charge in [0.2, 0.25) is 0 Å². The number of hydrogen-bond acceptors (Lipinski definition) is 15. The minimum atomic E-state index is 0.821. The fraction of sp³-hybridized carbons (Fsp3) is 0. The molecule has 27 rings (SSSR count). The number of fused-ring (bicyclic) bond motifs is 15. The van der Waals surface area contributed by atoms with Gasteiger partial charge in [-0.3, -0.25) is 19.9 Å². The molecule has 15 heteroatoms. The molecule has 15 aromatic heterocycles. The van der Waals surface area contributed by atoms with Crippen LogP contribution in [-0.2, 0) is 0 Å². The summed E-state index contributed by atoms with van der Waals surface area (Å²) in [6.07, 6.45) is 7.20. The van der Waals surface area contributed by atoms with Gasteiger partial charge in [-0.1, -0.05) is 255 Å². The molecule has 0 unspecified atom stereocenters. The van der Waals surface area contributed by atoms with Crippen LogP contribution >= 0.6 is 0 Å². The molecule has 12 aromatic carbocycles. The van der Waals surface area contributed by atoms with E-state index in [0.717, 1.165) is 266 Å². The molecule has 0 saturated heterocycles. The highest BCUT2D eigenvalue weighted by Gasteiger charge is 2.20. The molecule has 0 aliphatic heterocycles. The van der Waals surface area contributed by atoms with Crippen LogP contribution in [0.5, 0.6) is 0 Å². The molecule has 0 fully saturated rings. The second-order valence-corrected chi connectivity index (χ2v) is 34.2. The van der Waals surface area contributed by atoms with Gasteiger partial charge in [0.05, 0.1) is 146 Å². The van der Waals surface area contributed by atoms with Crippen LogP contribution in [0.1, 0.15) is 0 Å². The van der Waals surface area contributed by atoms with Gasteiger partial charge in [0.1, 0.15) is 0 Å². The van der Waals surface area contributed by atoms with Crippen molar-refractivity contribution < 1.29 is 0 Å². The topological polar surface area (TPSA) is 193 Å². The summed E-state index contributed by atoms with van der Waals surface area (Å²) in [5, 5.41) is 12.8. The van der Waals surface area contributed by atoms with E-state index in [9.17, 15) is 0 Å². The maximum absolute atomic E-state index is 5.25. The molecule has 0 saturated carbocycles. The Hall–Kier alpha value is -19.0. The molecule has 0 N–H and O–H groups in total. The van der Waals surface area contributed by atoms with E-state index in [2.05, 4.69) is 299 Å². The molecular weight excluding hydrogens is 1690 g/mol. The molecule has 138 heavy (non-hydrogen) atoms. The SMILES string of the molecule is c1ccc(-c2ccc3cc(-c4ccc5cc(-c6ccc7ccc(-c8ccccn8)nc7c6)ccc5n4)c4ccc(-c5ccccc5)nc4c3n2)cc1.c1ccc(-c2ccc3ccc(-c4ccc5nc(-c6ccc7ccc8cccnc8c7n6)ccc5c4)cc3n2)nc1.c1ccc(-c2ccc3ccc4ccc(-c5ccc6cc(-c7ccc8ccc(-c9ccccn9)nc8c7)ccc6n5)nc4c3n2)cc1. The summed E-state index contributed by atoms with van der Waals surface area (Å²) in [6.45, 7) is 0. The number of pyridine rings is 15. The highest BCUT2D eigenvalue weighted by molar-refractivity contribution is 6.12. The van der Waals surface area contributed by atoms with Crippen LogP contribution in [0.3, 0.4) is 0 Å². The van der Waals surface area contributed by atoms with Gasteiger partial charge in [0, 0.05) is 112 Å². The van der Waals surface area contributed by atoms with Gasteiger partial charge in [-0.15, -0.1) is 0 Å². The van der Waals surface area contributed by atoms with Crippen molar-refractivity contribution in [3.8, 4) is 135 Å². The first-order valence-electron chi connectivity index (χ1n) is 45.7. The Kier molecular flexibility index (Phi) is 20.5. The molecule has 15 heterocycles. The molecule has 642 valence electrons. The molecule has 0 radical (unpaired) electrons. The van der Waals surface area contributed by atoms with Crippen molar-refractivity contribution in [2.24, 2.45) is 0 Å². The maximum Gasteiger partial charge on any atom is 0.0979 e. The predicted octanol–water partition coefficient (Wildman–Crippen LogP) is 29.8. The second kappa shape index (κ2) is 35.0. The Morgan fingerprint density at radius 2 is 0.384 bits per heavy atom. The van der Waals surface area contributed by atoms with Crippen LogP contribution in [0, 0.1) is 0 Å². The van der Waals surface area contributed by atoms with Crippen molar-refractivity contribution in [2.45, 2.75) is 0 Å². The smallest absolute Gasteiger partial charge is 0.0979 e. The van der Waals surface area contributed by atoms with Gasteiger partial charge in [0.15, 0.2) is 0 Å². The van der Waals surface area contributed by atoms with E-state index in [1.807, 2.05) is 158 Å². The molecule has 0 aliphatic carbocycles. The number of aromatic nitrogens is 15. The van der Waals surface area contributed by atoms with E-state index in [1.54, 1.807) is 18.6 Å². The summed E-state index contributed by atoms with van der Waals surface area (Å²) in [5.74, 6) is 0. The average Bonchev–Trinajstić information content (AvgIpc) is 0.746. The summed E-state index contributed by atoms with van der Waals surface area (Å²) in [4.78, 5) is 73.5. The summed E-state index contributed by atoms with van der Waals surface area (Å²) in [7, 11) is 0. The second-order valence-electron chi connectivity index (χ2n) is 34.2. The fourth-order valence-electron chi connectivity index (χ4n) is 18.4. The average molecular weight is 1760 g/mol. The number of benzene rings is 12. The van der Waals surface area contributed by atoms with Crippen molar-refractivity contribution in [2.75, 3.05) is 0 Å². The normalized spacial score (nSPS) is 11.5. The Labute approximate surface area is 791 Å². The highest BCUT2D eigenvalue weighted by atomic mass is 14.8. The van der Waals surface area contributed by atoms with Crippen molar-refractivity contribution in [1.29, 1.82) is 0 Å². The minimum absolute atomic E-state index is 0.821. The Balaban J connectivity index is 0.000000111. The summed E-state index contributed by atoms with van der Waals surface area (Å²) >= 11 is 0. The van der Waals surface area contributed by atoms with Gasteiger partial charge in [-0.05, 0) is 209 Å². The number of nitrogens with zero attached hydrogens (tertiary/aromatic N) is 15. The summed E-state index contributed by atoms with van der Waals surface area (Å²) < 4.78 is 0. The van der Waals surface area contributed by atoms with Crippen molar-refractivity contribution in [3.63, 3.8) is 0 Å².